The van der Waals surface area contributed by atoms with Gasteiger partial charge < -0.3 is 5.11 Å². The van der Waals surface area contributed by atoms with Gasteiger partial charge in [0.1, 0.15) is 5.75 Å². The van der Waals surface area contributed by atoms with Crippen LogP contribution in [0, 0.1) is 5.92 Å². The highest BCUT2D eigenvalue weighted by molar-refractivity contribution is 6.30. The Kier molecular flexibility index (Phi) is 4.52. The Labute approximate surface area is 115 Å². The second kappa shape index (κ2) is 5.94. The van der Waals surface area contributed by atoms with Crippen molar-refractivity contribution in [2.45, 2.75) is 45.2 Å². The summed E-state index contributed by atoms with van der Waals surface area (Å²) in [6, 6.07) is 5.89. The average molecular weight is 268 g/mol. The fourth-order valence-corrected chi connectivity index (χ4v) is 3.08. The molecular formula is C15H22ClNO. The maximum absolute atomic E-state index is 9.85. The Morgan fingerprint density at radius 1 is 1.39 bits per heavy atom. The molecule has 0 heterocycles. The highest BCUT2D eigenvalue weighted by Gasteiger charge is 2.22. The van der Waals surface area contributed by atoms with E-state index in [0.29, 0.717) is 16.8 Å². The van der Waals surface area contributed by atoms with E-state index in [9.17, 15) is 5.11 Å². The normalized spacial score (nSPS) is 24.4. The van der Waals surface area contributed by atoms with Crippen LogP contribution in [0.3, 0.4) is 0 Å². The van der Waals surface area contributed by atoms with Crippen LogP contribution in [0.1, 0.15) is 38.2 Å². The average Bonchev–Trinajstić information content (AvgIpc) is 2.34. The first-order valence-corrected chi connectivity index (χ1v) is 7.11. The van der Waals surface area contributed by atoms with Crippen molar-refractivity contribution < 1.29 is 5.11 Å². The standard InChI is InChI=1S/C15H22ClNO/c1-11-4-3-5-14(8-11)17(2)10-12-9-13(16)6-7-15(12)18/h6-7,9,11,14,18H,3-5,8,10H2,1-2H3. The molecule has 0 saturated heterocycles. The molecule has 0 bridgehead atoms. The lowest BCUT2D eigenvalue weighted by molar-refractivity contribution is 0.156. The van der Waals surface area contributed by atoms with Crippen molar-refractivity contribution in [2.75, 3.05) is 7.05 Å². The van der Waals surface area contributed by atoms with Crippen LogP contribution >= 0.6 is 11.6 Å². The molecule has 100 valence electrons. The molecule has 1 aliphatic carbocycles. The van der Waals surface area contributed by atoms with Crippen LogP contribution in [0.4, 0.5) is 0 Å². The first-order chi connectivity index (χ1) is 8.56. The summed E-state index contributed by atoms with van der Waals surface area (Å²) in [5.74, 6) is 1.16. The molecule has 0 radical (unpaired) electrons. The van der Waals surface area contributed by atoms with E-state index in [-0.39, 0.29) is 0 Å². The molecule has 2 unspecified atom stereocenters. The smallest absolute Gasteiger partial charge is 0.120 e. The SMILES string of the molecule is CC1CCCC(N(C)Cc2cc(Cl)ccc2O)C1. The van der Waals surface area contributed by atoms with Gasteiger partial charge in [0.05, 0.1) is 0 Å². The number of hydrogen-bond donors (Lipinski definition) is 1. The monoisotopic (exact) mass is 267 g/mol. The molecule has 0 spiro atoms. The van der Waals surface area contributed by atoms with E-state index in [0.717, 1.165) is 18.0 Å². The molecule has 0 aliphatic heterocycles. The van der Waals surface area contributed by atoms with E-state index in [4.69, 9.17) is 11.6 Å². The van der Waals surface area contributed by atoms with Gasteiger partial charge in [0, 0.05) is 23.2 Å². The highest BCUT2D eigenvalue weighted by Crippen LogP contribution is 2.29. The number of rotatable bonds is 3. The first kappa shape index (κ1) is 13.7. The molecule has 1 aliphatic rings. The van der Waals surface area contributed by atoms with Gasteiger partial charge in [-0.05, 0) is 44.0 Å². The van der Waals surface area contributed by atoms with Gasteiger partial charge in [-0.2, -0.15) is 0 Å². The minimum absolute atomic E-state index is 0.343. The van der Waals surface area contributed by atoms with Crippen molar-refractivity contribution in [3.05, 3.63) is 28.8 Å². The molecule has 0 aromatic heterocycles. The summed E-state index contributed by atoms with van der Waals surface area (Å²) in [6.07, 6.45) is 5.20. The highest BCUT2D eigenvalue weighted by atomic mass is 35.5. The summed E-state index contributed by atoms with van der Waals surface area (Å²) in [7, 11) is 2.14. The molecule has 1 aromatic rings. The maximum Gasteiger partial charge on any atom is 0.120 e. The minimum atomic E-state index is 0.343. The Morgan fingerprint density at radius 3 is 2.89 bits per heavy atom. The Balaban J connectivity index is 2.01. The third-order valence-corrected chi connectivity index (χ3v) is 4.23. The quantitative estimate of drug-likeness (QED) is 0.893. The van der Waals surface area contributed by atoms with Gasteiger partial charge in [-0.3, -0.25) is 4.90 Å². The van der Waals surface area contributed by atoms with Crippen molar-refractivity contribution in [2.24, 2.45) is 5.92 Å². The van der Waals surface area contributed by atoms with E-state index < -0.39 is 0 Å². The lowest BCUT2D eigenvalue weighted by Crippen LogP contribution is -2.35. The van der Waals surface area contributed by atoms with Crippen molar-refractivity contribution >= 4 is 11.6 Å². The second-order valence-electron chi connectivity index (χ2n) is 5.61. The van der Waals surface area contributed by atoms with Gasteiger partial charge in [0.15, 0.2) is 0 Å². The van der Waals surface area contributed by atoms with Gasteiger partial charge in [0.25, 0.3) is 0 Å². The van der Waals surface area contributed by atoms with Crippen LogP contribution in [-0.2, 0) is 6.54 Å². The van der Waals surface area contributed by atoms with E-state index in [1.807, 2.05) is 6.07 Å². The Hall–Kier alpha value is -0.730. The number of phenols is 1. The lowest BCUT2D eigenvalue weighted by Gasteiger charge is -2.34. The van der Waals surface area contributed by atoms with Crippen molar-refractivity contribution in [1.29, 1.82) is 0 Å². The largest absolute Gasteiger partial charge is 0.508 e. The molecule has 1 saturated carbocycles. The van der Waals surface area contributed by atoms with Crippen LogP contribution in [0.15, 0.2) is 18.2 Å². The molecule has 2 atom stereocenters. The number of nitrogens with zero attached hydrogens (tertiary/aromatic N) is 1. The van der Waals surface area contributed by atoms with E-state index in [1.165, 1.54) is 25.7 Å². The van der Waals surface area contributed by atoms with E-state index in [1.54, 1.807) is 12.1 Å². The van der Waals surface area contributed by atoms with E-state index >= 15 is 0 Å². The molecule has 1 N–H and O–H groups in total. The zero-order chi connectivity index (χ0) is 13.1. The molecule has 18 heavy (non-hydrogen) atoms. The Morgan fingerprint density at radius 2 is 2.17 bits per heavy atom. The fourth-order valence-electron chi connectivity index (χ4n) is 2.88. The van der Waals surface area contributed by atoms with Gasteiger partial charge in [-0.15, -0.1) is 0 Å². The zero-order valence-corrected chi connectivity index (χ0v) is 12.0. The Bertz CT molecular complexity index is 407. The fraction of sp³-hybridized carbons (Fsp3) is 0.600. The van der Waals surface area contributed by atoms with Gasteiger partial charge in [-0.25, -0.2) is 0 Å². The number of aromatic hydroxyl groups is 1. The number of phenolic OH excluding ortho intramolecular Hbond substituents is 1. The lowest BCUT2D eigenvalue weighted by atomic mass is 9.86. The molecule has 0 amide bonds. The molecule has 1 fully saturated rings. The summed E-state index contributed by atoms with van der Waals surface area (Å²) in [4.78, 5) is 2.35. The molecular weight excluding hydrogens is 246 g/mol. The van der Waals surface area contributed by atoms with Gasteiger partial charge in [0.2, 0.25) is 0 Å². The third kappa shape index (κ3) is 3.39. The maximum atomic E-state index is 9.85. The first-order valence-electron chi connectivity index (χ1n) is 6.74. The molecule has 2 rings (SSSR count). The summed E-state index contributed by atoms with van der Waals surface area (Å²) >= 11 is 5.98. The molecule has 3 heteroatoms. The van der Waals surface area contributed by atoms with Crippen LogP contribution < -0.4 is 0 Å². The predicted molar refractivity (Wildman–Crippen MR) is 76.0 cm³/mol. The summed E-state index contributed by atoms with van der Waals surface area (Å²) < 4.78 is 0. The second-order valence-corrected chi connectivity index (χ2v) is 6.05. The molecule has 1 aromatic carbocycles. The van der Waals surface area contributed by atoms with Gasteiger partial charge in [-0.1, -0.05) is 31.4 Å². The number of halogens is 1. The van der Waals surface area contributed by atoms with Crippen molar-refractivity contribution in [3.63, 3.8) is 0 Å². The van der Waals surface area contributed by atoms with Crippen molar-refractivity contribution in [3.8, 4) is 5.75 Å². The van der Waals surface area contributed by atoms with Crippen LogP contribution in [-0.4, -0.2) is 23.1 Å². The van der Waals surface area contributed by atoms with Gasteiger partial charge >= 0.3 is 0 Å². The summed E-state index contributed by atoms with van der Waals surface area (Å²) in [6.45, 7) is 3.10. The zero-order valence-electron chi connectivity index (χ0n) is 11.2. The third-order valence-electron chi connectivity index (χ3n) is 3.99. The van der Waals surface area contributed by atoms with Crippen LogP contribution in [0.2, 0.25) is 5.02 Å². The molecule has 2 nitrogen and oxygen atoms in total. The predicted octanol–water partition coefficient (Wildman–Crippen LogP) is 4.06. The van der Waals surface area contributed by atoms with E-state index in [2.05, 4.69) is 18.9 Å². The number of hydrogen-bond acceptors (Lipinski definition) is 2. The summed E-state index contributed by atoms with van der Waals surface area (Å²) in [5, 5.41) is 10.5. The summed E-state index contributed by atoms with van der Waals surface area (Å²) in [5.41, 5.74) is 0.920. The van der Waals surface area contributed by atoms with Crippen molar-refractivity contribution in [1.82, 2.24) is 4.90 Å². The topological polar surface area (TPSA) is 23.5 Å². The minimum Gasteiger partial charge on any atom is -0.508 e. The number of benzene rings is 1. The van der Waals surface area contributed by atoms with Crippen LogP contribution in [0.5, 0.6) is 5.75 Å². The van der Waals surface area contributed by atoms with Crippen LogP contribution in [0.25, 0.3) is 0 Å².